The zero-order chi connectivity index (χ0) is 16.7. The Kier molecular flexibility index (Phi) is 6.60. The highest BCUT2D eigenvalue weighted by molar-refractivity contribution is 7.99. The summed E-state index contributed by atoms with van der Waals surface area (Å²) in [5.74, 6) is 0.444. The fraction of sp³-hybridized carbons (Fsp3) is 0.333. The van der Waals surface area contributed by atoms with Gasteiger partial charge in [-0.15, -0.1) is 11.8 Å². The molecule has 4 nitrogen and oxygen atoms in total. The number of aromatic nitrogens is 1. The number of rotatable bonds is 7. The van der Waals surface area contributed by atoms with Gasteiger partial charge in [-0.25, -0.2) is 4.98 Å². The summed E-state index contributed by atoms with van der Waals surface area (Å²) < 4.78 is 5.53. The van der Waals surface area contributed by atoms with Crippen LogP contribution in [0.3, 0.4) is 0 Å². The predicted molar refractivity (Wildman–Crippen MR) is 91.3 cm³/mol. The Morgan fingerprint density at radius 3 is 2.74 bits per heavy atom. The van der Waals surface area contributed by atoms with E-state index >= 15 is 0 Å². The molecule has 0 bridgehead atoms. The molecule has 120 valence electrons. The van der Waals surface area contributed by atoms with Crippen molar-refractivity contribution < 1.29 is 9.84 Å². The predicted octanol–water partition coefficient (Wildman–Crippen LogP) is 3.24. The molecule has 0 radical (unpaired) electrons. The summed E-state index contributed by atoms with van der Waals surface area (Å²) in [5.41, 5.74) is 3.45. The average molecular weight is 328 g/mol. The minimum atomic E-state index is -0.599. The first kappa shape index (κ1) is 17.5. The maximum absolute atomic E-state index is 10.0. The minimum Gasteiger partial charge on any atom is -0.390 e. The van der Waals surface area contributed by atoms with E-state index in [1.165, 1.54) is 11.8 Å². The van der Waals surface area contributed by atoms with Crippen LogP contribution in [-0.4, -0.2) is 28.6 Å². The SMILES string of the molecule is Cc1cc(C)c(C#N)c(SC[C@@H](O)COCc2ccccc2)n1. The van der Waals surface area contributed by atoms with E-state index < -0.39 is 6.10 Å². The fourth-order valence-corrected chi connectivity index (χ4v) is 3.16. The van der Waals surface area contributed by atoms with Crippen molar-refractivity contribution in [3.05, 3.63) is 58.8 Å². The van der Waals surface area contributed by atoms with Crippen molar-refractivity contribution in [2.45, 2.75) is 31.6 Å². The third-order valence-electron chi connectivity index (χ3n) is 3.26. The third-order valence-corrected chi connectivity index (χ3v) is 4.38. The zero-order valence-electron chi connectivity index (χ0n) is 13.3. The van der Waals surface area contributed by atoms with Gasteiger partial charge < -0.3 is 9.84 Å². The summed E-state index contributed by atoms with van der Waals surface area (Å²) in [6.07, 6.45) is -0.599. The lowest BCUT2D eigenvalue weighted by Crippen LogP contribution is -2.18. The van der Waals surface area contributed by atoms with Crippen molar-refractivity contribution in [3.8, 4) is 6.07 Å². The Labute approximate surface area is 141 Å². The van der Waals surface area contributed by atoms with E-state index in [0.717, 1.165) is 16.8 Å². The van der Waals surface area contributed by atoms with E-state index in [1.807, 2.05) is 50.2 Å². The Morgan fingerprint density at radius 2 is 2.04 bits per heavy atom. The molecule has 2 aromatic rings. The van der Waals surface area contributed by atoms with Crippen molar-refractivity contribution in [1.82, 2.24) is 4.98 Å². The summed E-state index contributed by atoms with van der Waals surface area (Å²) in [4.78, 5) is 4.39. The second-order valence-corrected chi connectivity index (χ2v) is 6.35. The molecule has 1 N–H and O–H groups in total. The van der Waals surface area contributed by atoms with Gasteiger partial charge in [-0.3, -0.25) is 0 Å². The summed E-state index contributed by atoms with van der Waals surface area (Å²) in [5, 5.41) is 19.9. The molecule has 2 rings (SSSR count). The standard InChI is InChI=1S/C18H20N2O2S/c1-13-8-14(2)20-18(17(13)9-19)23-12-16(21)11-22-10-15-6-4-3-5-7-15/h3-8,16,21H,10-12H2,1-2H3/t16-/m0/s1. The van der Waals surface area contributed by atoms with Crippen molar-refractivity contribution in [3.63, 3.8) is 0 Å². The van der Waals surface area contributed by atoms with Gasteiger partial charge in [-0.1, -0.05) is 30.3 Å². The van der Waals surface area contributed by atoms with E-state index in [0.29, 0.717) is 22.9 Å². The fourth-order valence-electron chi connectivity index (χ4n) is 2.15. The van der Waals surface area contributed by atoms with Crippen molar-refractivity contribution >= 4 is 11.8 Å². The van der Waals surface area contributed by atoms with Gasteiger partial charge in [0.15, 0.2) is 0 Å². The van der Waals surface area contributed by atoms with Crippen LogP contribution in [0.5, 0.6) is 0 Å². The number of nitriles is 1. The number of nitrogens with zero attached hydrogens (tertiary/aromatic N) is 2. The van der Waals surface area contributed by atoms with Gasteiger partial charge in [0.25, 0.3) is 0 Å². The zero-order valence-corrected chi connectivity index (χ0v) is 14.1. The number of hydrogen-bond donors (Lipinski definition) is 1. The molecule has 5 heteroatoms. The smallest absolute Gasteiger partial charge is 0.114 e. The molecular weight excluding hydrogens is 308 g/mol. The van der Waals surface area contributed by atoms with Crippen LogP contribution in [0.1, 0.15) is 22.4 Å². The lowest BCUT2D eigenvalue weighted by atomic mass is 10.1. The first-order chi connectivity index (χ1) is 11.1. The highest BCUT2D eigenvalue weighted by Crippen LogP contribution is 2.24. The van der Waals surface area contributed by atoms with Gasteiger partial charge in [-0.05, 0) is 31.0 Å². The first-order valence-electron chi connectivity index (χ1n) is 7.41. The van der Waals surface area contributed by atoms with Gasteiger partial charge in [-0.2, -0.15) is 5.26 Å². The van der Waals surface area contributed by atoms with Crippen molar-refractivity contribution in [2.75, 3.05) is 12.4 Å². The second kappa shape index (κ2) is 8.68. The molecule has 0 fully saturated rings. The number of benzene rings is 1. The highest BCUT2D eigenvalue weighted by Gasteiger charge is 2.12. The topological polar surface area (TPSA) is 66.1 Å². The number of thioether (sulfide) groups is 1. The normalized spacial score (nSPS) is 11.9. The van der Waals surface area contributed by atoms with Crippen LogP contribution < -0.4 is 0 Å². The van der Waals surface area contributed by atoms with E-state index in [-0.39, 0.29) is 6.61 Å². The van der Waals surface area contributed by atoms with E-state index in [1.54, 1.807) is 0 Å². The van der Waals surface area contributed by atoms with Crippen LogP contribution in [-0.2, 0) is 11.3 Å². The largest absolute Gasteiger partial charge is 0.390 e. The van der Waals surface area contributed by atoms with Gasteiger partial charge >= 0.3 is 0 Å². The molecule has 1 atom stereocenters. The van der Waals surface area contributed by atoms with Crippen molar-refractivity contribution in [1.29, 1.82) is 5.26 Å². The maximum Gasteiger partial charge on any atom is 0.114 e. The number of hydrogen-bond acceptors (Lipinski definition) is 5. The summed E-state index contributed by atoms with van der Waals surface area (Å²) in [6.45, 7) is 4.54. The molecular formula is C18H20N2O2S. The number of aliphatic hydroxyl groups excluding tert-OH is 1. The van der Waals surface area contributed by atoms with E-state index in [9.17, 15) is 10.4 Å². The Balaban J connectivity index is 1.83. The summed E-state index contributed by atoms with van der Waals surface area (Å²) >= 11 is 1.39. The maximum atomic E-state index is 10.0. The molecule has 0 spiro atoms. The van der Waals surface area contributed by atoms with Gasteiger partial charge in [0.2, 0.25) is 0 Å². The first-order valence-corrected chi connectivity index (χ1v) is 8.39. The van der Waals surface area contributed by atoms with E-state index in [4.69, 9.17) is 4.74 Å². The summed E-state index contributed by atoms with van der Waals surface area (Å²) in [7, 11) is 0. The van der Waals surface area contributed by atoms with Crippen LogP contribution in [0, 0.1) is 25.2 Å². The van der Waals surface area contributed by atoms with Crippen LogP contribution in [0.4, 0.5) is 0 Å². The molecule has 0 aliphatic heterocycles. The third kappa shape index (κ3) is 5.36. The van der Waals surface area contributed by atoms with Gasteiger partial charge in [0, 0.05) is 11.4 Å². The van der Waals surface area contributed by atoms with E-state index in [2.05, 4.69) is 11.1 Å². The minimum absolute atomic E-state index is 0.259. The molecule has 1 aromatic heterocycles. The molecule has 0 unspecified atom stereocenters. The van der Waals surface area contributed by atoms with Crippen LogP contribution in [0.25, 0.3) is 0 Å². The molecule has 0 aliphatic carbocycles. The number of pyridine rings is 1. The van der Waals surface area contributed by atoms with Gasteiger partial charge in [0.05, 0.1) is 24.9 Å². The quantitative estimate of drug-likeness (QED) is 0.790. The van der Waals surface area contributed by atoms with Crippen LogP contribution >= 0.6 is 11.8 Å². The average Bonchev–Trinajstić information content (AvgIpc) is 2.53. The number of ether oxygens (including phenoxy) is 1. The number of aliphatic hydroxyl groups is 1. The number of aryl methyl sites for hydroxylation is 2. The molecule has 1 heterocycles. The monoisotopic (exact) mass is 328 g/mol. The Bertz CT molecular complexity index is 683. The molecule has 0 saturated heterocycles. The Hall–Kier alpha value is -1.87. The second-order valence-electron chi connectivity index (χ2n) is 5.34. The molecule has 1 aromatic carbocycles. The summed E-state index contributed by atoms with van der Waals surface area (Å²) in [6, 6.07) is 13.9. The molecule has 23 heavy (non-hydrogen) atoms. The molecule has 0 aliphatic rings. The lowest BCUT2D eigenvalue weighted by Gasteiger charge is -2.12. The molecule has 0 amide bonds. The molecule has 0 saturated carbocycles. The van der Waals surface area contributed by atoms with Crippen molar-refractivity contribution in [2.24, 2.45) is 0 Å². The Morgan fingerprint density at radius 1 is 1.30 bits per heavy atom. The lowest BCUT2D eigenvalue weighted by molar-refractivity contribution is 0.0398. The van der Waals surface area contributed by atoms with Gasteiger partial charge in [0.1, 0.15) is 11.1 Å². The van der Waals surface area contributed by atoms with Crippen LogP contribution in [0.15, 0.2) is 41.4 Å². The van der Waals surface area contributed by atoms with Crippen LogP contribution in [0.2, 0.25) is 0 Å². The highest BCUT2D eigenvalue weighted by atomic mass is 32.2.